The van der Waals surface area contributed by atoms with Crippen LogP contribution in [0.15, 0.2) is 24.3 Å². The molecule has 1 aromatic carbocycles. The van der Waals surface area contributed by atoms with E-state index in [1.54, 1.807) is 0 Å². The summed E-state index contributed by atoms with van der Waals surface area (Å²) in [6.07, 6.45) is 2.19. The average Bonchev–Trinajstić information content (AvgIpc) is 2.78. The summed E-state index contributed by atoms with van der Waals surface area (Å²) in [6, 6.07) is 7.88. The summed E-state index contributed by atoms with van der Waals surface area (Å²) in [6.45, 7) is 1.89. The Kier molecular flexibility index (Phi) is 4.33. The van der Waals surface area contributed by atoms with Crippen LogP contribution in [0.4, 0.5) is 0 Å². The van der Waals surface area contributed by atoms with Crippen LogP contribution in [0.2, 0.25) is 0 Å². The number of nitrogens with zero attached hydrogens (tertiary/aromatic N) is 1. The van der Waals surface area contributed by atoms with Gasteiger partial charge in [0, 0.05) is 12.6 Å². The van der Waals surface area contributed by atoms with Gasteiger partial charge in [-0.2, -0.15) is 0 Å². The van der Waals surface area contributed by atoms with Crippen molar-refractivity contribution in [3.05, 3.63) is 35.4 Å². The smallest absolute Gasteiger partial charge is 0.307 e. The minimum atomic E-state index is -0.803. The maximum Gasteiger partial charge on any atom is 0.307 e. The molecule has 0 bridgehead atoms. The molecule has 0 aliphatic carbocycles. The lowest BCUT2D eigenvalue weighted by molar-refractivity contribution is -0.136. The fourth-order valence-corrected chi connectivity index (χ4v) is 2.58. The van der Waals surface area contributed by atoms with Gasteiger partial charge in [0.1, 0.15) is 0 Å². The van der Waals surface area contributed by atoms with Gasteiger partial charge in [0.15, 0.2) is 0 Å². The first-order valence-electron chi connectivity index (χ1n) is 6.34. The molecule has 0 unspecified atom stereocenters. The second kappa shape index (κ2) is 5.98. The van der Waals surface area contributed by atoms with Crippen LogP contribution in [-0.4, -0.2) is 40.3 Å². The highest BCUT2D eigenvalue weighted by atomic mass is 16.4. The van der Waals surface area contributed by atoms with Crippen LogP contribution >= 0.6 is 0 Å². The van der Waals surface area contributed by atoms with Crippen molar-refractivity contribution in [2.45, 2.75) is 31.8 Å². The van der Waals surface area contributed by atoms with Crippen molar-refractivity contribution in [2.24, 2.45) is 0 Å². The number of aliphatic carboxylic acids is 1. The molecule has 4 nitrogen and oxygen atoms in total. The van der Waals surface area contributed by atoms with E-state index in [2.05, 4.69) is 4.90 Å². The number of benzene rings is 1. The molecule has 18 heavy (non-hydrogen) atoms. The zero-order valence-electron chi connectivity index (χ0n) is 10.4. The van der Waals surface area contributed by atoms with Crippen molar-refractivity contribution in [1.29, 1.82) is 0 Å². The Bertz CT molecular complexity index is 419. The van der Waals surface area contributed by atoms with Gasteiger partial charge in [-0.1, -0.05) is 24.3 Å². The lowest BCUT2D eigenvalue weighted by Crippen LogP contribution is -2.32. The van der Waals surface area contributed by atoms with Gasteiger partial charge >= 0.3 is 5.97 Å². The number of carboxylic acids is 1. The number of hydrogen-bond donors (Lipinski definition) is 2. The average molecular weight is 249 g/mol. The number of likely N-dealkylation sites (tertiary alicyclic amines) is 1. The highest BCUT2D eigenvalue weighted by molar-refractivity contribution is 5.70. The molecular formula is C14H19NO3. The van der Waals surface area contributed by atoms with E-state index in [-0.39, 0.29) is 19.1 Å². The van der Waals surface area contributed by atoms with Crippen molar-refractivity contribution in [2.75, 3.05) is 13.2 Å². The third-order valence-electron chi connectivity index (χ3n) is 3.54. The van der Waals surface area contributed by atoms with Gasteiger partial charge < -0.3 is 10.2 Å². The molecule has 2 N–H and O–H groups in total. The van der Waals surface area contributed by atoms with E-state index >= 15 is 0 Å². The minimum Gasteiger partial charge on any atom is -0.481 e. The fourth-order valence-electron chi connectivity index (χ4n) is 2.58. The third kappa shape index (κ3) is 3.09. The second-order valence-corrected chi connectivity index (χ2v) is 4.79. The number of hydrogen-bond acceptors (Lipinski definition) is 3. The van der Waals surface area contributed by atoms with Crippen molar-refractivity contribution in [1.82, 2.24) is 4.90 Å². The van der Waals surface area contributed by atoms with Gasteiger partial charge in [0.05, 0.1) is 13.0 Å². The third-order valence-corrected chi connectivity index (χ3v) is 3.54. The zero-order valence-corrected chi connectivity index (χ0v) is 10.4. The van der Waals surface area contributed by atoms with Crippen LogP contribution < -0.4 is 0 Å². The minimum absolute atomic E-state index is 0.0633. The quantitative estimate of drug-likeness (QED) is 0.825. The largest absolute Gasteiger partial charge is 0.481 e. The Morgan fingerprint density at radius 3 is 2.72 bits per heavy atom. The number of aliphatic hydroxyl groups is 1. The van der Waals surface area contributed by atoms with Gasteiger partial charge in [0.2, 0.25) is 0 Å². The van der Waals surface area contributed by atoms with Crippen LogP contribution in [-0.2, 0) is 17.8 Å². The number of carboxylic acid groups (broad SMARTS) is 1. The van der Waals surface area contributed by atoms with Crippen molar-refractivity contribution in [3.63, 3.8) is 0 Å². The molecule has 1 saturated heterocycles. The Labute approximate surface area is 107 Å². The van der Waals surface area contributed by atoms with E-state index in [1.165, 1.54) is 0 Å². The molecule has 0 aromatic heterocycles. The van der Waals surface area contributed by atoms with Crippen LogP contribution in [0.3, 0.4) is 0 Å². The van der Waals surface area contributed by atoms with E-state index < -0.39 is 5.97 Å². The maximum absolute atomic E-state index is 10.8. The molecule has 98 valence electrons. The Balaban J connectivity index is 2.10. The standard InChI is InChI=1S/C14H19NO3/c16-10-13-6-3-7-15(13)9-12-5-2-1-4-11(12)8-14(17)18/h1-2,4-5,13,16H,3,6-10H2,(H,17,18)/t13-/m1/s1. The predicted molar refractivity (Wildman–Crippen MR) is 68.3 cm³/mol. The second-order valence-electron chi connectivity index (χ2n) is 4.79. The van der Waals surface area contributed by atoms with E-state index in [0.29, 0.717) is 0 Å². The number of aliphatic hydroxyl groups excluding tert-OH is 1. The van der Waals surface area contributed by atoms with Gasteiger partial charge in [0.25, 0.3) is 0 Å². The summed E-state index contributed by atoms with van der Waals surface area (Å²) in [5.41, 5.74) is 1.92. The lowest BCUT2D eigenvalue weighted by atomic mass is 10.0. The van der Waals surface area contributed by atoms with E-state index in [9.17, 15) is 9.90 Å². The summed E-state index contributed by atoms with van der Waals surface area (Å²) in [5, 5.41) is 18.2. The molecule has 0 radical (unpaired) electrons. The van der Waals surface area contributed by atoms with Crippen LogP contribution in [0.5, 0.6) is 0 Å². The predicted octanol–water partition coefficient (Wildman–Crippen LogP) is 1.27. The van der Waals surface area contributed by atoms with E-state index in [1.807, 2.05) is 24.3 Å². The Hall–Kier alpha value is -1.39. The van der Waals surface area contributed by atoms with E-state index in [0.717, 1.165) is 37.1 Å². The number of carbonyl (C=O) groups is 1. The first-order chi connectivity index (χ1) is 8.70. The Morgan fingerprint density at radius 2 is 2.06 bits per heavy atom. The molecular weight excluding hydrogens is 230 g/mol. The fraction of sp³-hybridized carbons (Fsp3) is 0.500. The first-order valence-corrected chi connectivity index (χ1v) is 6.34. The topological polar surface area (TPSA) is 60.8 Å². The highest BCUT2D eigenvalue weighted by Crippen LogP contribution is 2.21. The van der Waals surface area contributed by atoms with Crippen molar-refractivity contribution < 1.29 is 15.0 Å². The van der Waals surface area contributed by atoms with E-state index in [4.69, 9.17) is 5.11 Å². The van der Waals surface area contributed by atoms with Crippen LogP contribution in [0.1, 0.15) is 24.0 Å². The monoisotopic (exact) mass is 249 g/mol. The molecule has 1 atom stereocenters. The number of rotatable bonds is 5. The lowest BCUT2D eigenvalue weighted by Gasteiger charge is -2.23. The molecule has 1 aromatic rings. The molecule has 1 aliphatic heterocycles. The first kappa shape index (κ1) is 13.1. The molecule has 1 aliphatic rings. The summed E-state index contributed by atoms with van der Waals surface area (Å²) >= 11 is 0. The van der Waals surface area contributed by atoms with Gasteiger partial charge in [-0.3, -0.25) is 9.69 Å². The van der Waals surface area contributed by atoms with Crippen LogP contribution in [0, 0.1) is 0 Å². The zero-order chi connectivity index (χ0) is 13.0. The molecule has 0 spiro atoms. The molecule has 1 fully saturated rings. The van der Waals surface area contributed by atoms with Gasteiger partial charge in [-0.25, -0.2) is 0 Å². The highest BCUT2D eigenvalue weighted by Gasteiger charge is 2.24. The molecule has 0 amide bonds. The van der Waals surface area contributed by atoms with Crippen molar-refractivity contribution >= 4 is 5.97 Å². The normalized spacial score (nSPS) is 20.2. The molecule has 0 saturated carbocycles. The summed E-state index contributed by atoms with van der Waals surface area (Å²) in [4.78, 5) is 13.1. The SMILES string of the molecule is O=C(O)Cc1ccccc1CN1CCC[C@@H]1CO. The van der Waals surface area contributed by atoms with Gasteiger partial charge in [-0.15, -0.1) is 0 Å². The van der Waals surface area contributed by atoms with Crippen LogP contribution in [0.25, 0.3) is 0 Å². The maximum atomic E-state index is 10.8. The van der Waals surface area contributed by atoms with Crippen molar-refractivity contribution in [3.8, 4) is 0 Å². The summed E-state index contributed by atoms with van der Waals surface area (Å²) in [5.74, 6) is -0.803. The van der Waals surface area contributed by atoms with Gasteiger partial charge in [-0.05, 0) is 30.5 Å². The summed E-state index contributed by atoms with van der Waals surface area (Å²) in [7, 11) is 0. The molecule has 4 heteroatoms. The summed E-state index contributed by atoms with van der Waals surface area (Å²) < 4.78 is 0. The Morgan fingerprint density at radius 1 is 1.33 bits per heavy atom. The molecule has 1 heterocycles. The molecule has 2 rings (SSSR count).